The molecule has 0 spiro atoms. The van der Waals surface area contributed by atoms with E-state index in [2.05, 4.69) is 10.6 Å². The summed E-state index contributed by atoms with van der Waals surface area (Å²) in [5, 5.41) is 14.5. The number of aliphatic hydroxyl groups is 1. The van der Waals surface area contributed by atoms with Crippen molar-refractivity contribution in [2.45, 2.75) is 36.0 Å². The van der Waals surface area contributed by atoms with E-state index in [1.807, 2.05) is 0 Å². The zero-order valence-corrected chi connectivity index (χ0v) is 12.2. The van der Waals surface area contributed by atoms with Gasteiger partial charge in [0.1, 0.15) is 0 Å². The van der Waals surface area contributed by atoms with E-state index in [9.17, 15) is 13.6 Å². The molecule has 0 heterocycles. The molecule has 4 nitrogen and oxygen atoms in total. The first-order chi connectivity index (χ1) is 10.1. The standard InChI is InChI=1S/C14H18F2N2O2S/c15-13(16)21-11-3-1-2-10(8-11)17-14(20)18-12(6-7-19)9-4-5-9/h1-3,8-9,12-13,19H,4-7H2,(H2,17,18,20)/t12-/m1/s1. The molecule has 0 aromatic heterocycles. The highest BCUT2D eigenvalue weighted by atomic mass is 32.2. The van der Waals surface area contributed by atoms with Crippen LogP contribution >= 0.6 is 11.8 Å². The molecule has 1 fully saturated rings. The van der Waals surface area contributed by atoms with E-state index in [4.69, 9.17) is 5.11 Å². The van der Waals surface area contributed by atoms with E-state index in [0.717, 1.165) is 12.8 Å². The molecule has 1 aromatic carbocycles. The minimum absolute atomic E-state index is 0.0297. The second-order valence-corrected chi connectivity index (χ2v) is 6.02. The zero-order valence-electron chi connectivity index (χ0n) is 11.4. The maximum Gasteiger partial charge on any atom is 0.319 e. The number of amides is 2. The molecule has 21 heavy (non-hydrogen) atoms. The van der Waals surface area contributed by atoms with E-state index < -0.39 is 5.76 Å². The fourth-order valence-corrected chi connectivity index (χ4v) is 2.71. The molecule has 0 saturated heterocycles. The Bertz CT molecular complexity index is 484. The summed E-state index contributed by atoms with van der Waals surface area (Å²) in [6.45, 7) is 0.0297. The molecule has 0 aliphatic heterocycles. The molecule has 1 aromatic rings. The Balaban J connectivity index is 1.89. The predicted molar refractivity (Wildman–Crippen MR) is 78.7 cm³/mol. The highest BCUT2D eigenvalue weighted by Crippen LogP contribution is 2.34. The molecule has 0 bridgehead atoms. The minimum Gasteiger partial charge on any atom is -0.396 e. The summed E-state index contributed by atoms with van der Waals surface area (Å²) in [5.74, 6) is -2.05. The summed E-state index contributed by atoms with van der Waals surface area (Å²) < 4.78 is 24.6. The molecule has 1 atom stereocenters. The number of thioether (sulfide) groups is 1. The Hall–Kier alpha value is -1.34. The number of carbonyl (C=O) groups is 1. The van der Waals surface area contributed by atoms with Gasteiger partial charge in [0.25, 0.3) is 5.76 Å². The molecule has 2 amide bonds. The third kappa shape index (κ3) is 5.51. The molecule has 1 aliphatic carbocycles. The molecule has 1 aliphatic rings. The van der Waals surface area contributed by atoms with Gasteiger partial charge >= 0.3 is 6.03 Å². The largest absolute Gasteiger partial charge is 0.396 e. The Morgan fingerprint density at radius 2 is 2.19 bits per heavy atom. The summed E-state index contributed by atoms with van der Waals surface area (Å²) >= 11 is 0.439. The van der Waals surface area contributed by atoms with Gasteiger partial charge in [-0.25, -0.2) is 4.79 Å². The number of anilines is 1. The number of benzene rings is 1. The quantitative estimate of drug-likeness (QED) is 0.677. The lowest BCUT2D eigenvalue weighted by molar-refractivity contribution is 0.234. The Labute approximate surface area is 126 Å². The van der Waals surface area contributed by atoms with Crippen molar-refractivity contribution in [1.29, 1.82) is 0 Å². The van der Waals surface area contributed by atoms with Gasteiger partial charge in [0.2, 0.25) is 0 Å². The molecular weight excluding hydrogens is 298 g/mol. The van der Waals surface area contributed by atoms with Crippen molar-refractivity contribution in [3.05, 3.63) is 24.3 Å². The van der Waals surface area contributed by atoms with Crippen molar-refractivity contribution in [1.82, 2.24) is 5.32 Å². The third-order valence-corrected chi connectivity index (χ3v) is 3.97. The van der Waals surface area contributed by atoms with Crippen molar-refractivity contribution in [3.8, 4) is 0 Å². The zero-order chi connectivity index (χ0) is 15.2. The minimum atomic E-state index is -2.49. The van der Waals surface area contributed by atoms with Gasteiger partial charge in [0.15, 0.2) is 0 Å². The summed E-state index contributed by atoms with van der Waals surface area (Å²) in [4.78, 5) is 12.3. The van der Waals surface area contributed by atoms with Crippen LogP contribution in [0.4, 0.5) is 19.3 Å². The first-order valence-corrected chi connectivity index (χ1v) is 7.69. The molecule has 116 valence electrons. The van der Waals surface area contributed by atoms with Crippen LogP contribution in [0.3, 0.4) is 0 Å². The highest BCUT2D eigenvalue weighted by Gasteiger charge is 2.31. The van der Waals surface area contributed by atoms with Crippen molar-refractivity contribution in [2.75, 3.05) is 11.9 Å². The van der Waals surface area contributed by atoms with Gasteiger partial charge in [-0.15, -0.1) is 0 Å². The Kier molecular flexibility index (Phi) is 5.81. The first-order valence-electron chi connectivity index (χ1n) is 6.81. The maximum absolute atomic E-state index is 12.3. The van der Waals surface area contributed by atoms with Crippen molar-refractivity contribution in [3.63, 3.8) is 0 Å². The lowest BCUT2D eigenvalue weighted by Gasteiger charge is -2.17. The summed E-state index contributed by atoms with van der Waals surface area (Å²) in [6.07, 6.45) is 2.65. The number of alkyl halides is 2. The fraction of sp³-hybridized carbons (Fsp3) is 0.500. The lowest BCUT2D eigenvalue weighted by Crippen LogP contribution is -2.39. The molecular formula is C14H18F2N2O2S. The molecule has 0 unspecified atom stereocenters. The van der Waals surface area contributed by atoms with Crippen molar-refractivity contribution in [2.24, 2.45) is 5.92 Å². The second kappa shape index (κ2) is 7.61. The van der Waals surface area contributed by atoms with E-state index in [1.165, 1.54) is 6.07 Å². The van der Waals surface area contributed by atoms with Gasteiger partial charge in [-0.2, -0.15) is 8.78 Å². The SMILES string of the molecule is O=C(Nc1cccc(SC(F)F)c1)N[C@H](CCO)C1CC1. The number of rotatable bonds is 7. The topological polar surface area (TPSA) is 61.4 Å². The number of aliphatic hydroxyl groups excluding tert-OH is 1. The lowest BCUT2D eigenvalue weighted by atomic mass is 10.1. The van der Waals surface area contributed by atoms with Gasteiger partial charge < -0.3 is 15.7 Å². The first kappa shape index (κ1) is 16.0. The molecule has 7 heteroatoms. The highest BCUT2D eigenvalue weighted by molar-refractivity contribution is 7.99. The van der Waals surface area contributed by atoms with Gasteiger partial charge in [0.05, 0.1) is 0 Å². The summed E-state index contributed by atoms with van der Waals surface area (Å²) in [5.41, 5.74) is 0.469. The molecule has 2 rings (SSSR count). The van der Waals surface area contributed by atoms with Crippen LogP contribution in [0.1, 0.15) is 19.3 Å². The number of hydrogen-bond donors (Lipinski definition) is 3. The van der Waals surface area contributed by atoms with Gasteiger partial charge in [-0.3, -0.25) is 0 Å². The average molecular weight is 316 g/mol. The number of halogens is 2. The van der Waals surface area contributed by atoms with Crippen LogP contribution in [0.25, 0.3) is 0 Å². The smallest absolute Gasteiger partial charge is 0.319 e. The van der Waals surface area contributed by atoms with Gasteiger partial charge in [-0.05, 0) is 43.4 Å². The van der Waals surface area contributed by atoms with E-state index >= 15 is 0 Å². The summed E-state index contributed by atoms with van der Waals surface area (Å²) in [6, 6.07) is 5.93. The summed E-state index contributed by atoms with van der Waals surface area (Å²) in [7, 11) is 0. The normalized spacial score (nSPS) is 15.8. The predicted octanol–water partition coefficient (Wildman–Crippen LogP) is 3.28. The van der Waals surface area contributed by atoms with Crippen LogP contribution in [0.5, 0.6) is 0 Å². The van der Waals surface area contributed by atoms with Crippen molar-refractivity contribution < 1.29 is 18.7 Å². The van der Waals surface area contributed by atoms with Gasteiger partial charge in [-0.1, -0.05) is 17.8 Å². The Morgan fingerprint density at radius 3 is 2.81 bits per heavy atom. The maximum atomic E-state index is 12.3. The van der Waals surface area contributed by atoms with Crippen LogP contribution in [-0.2, 0) is 0 Å². The van der Waals surface area contributed by atoms with Crippen molar-refractivity contribution >= 4 is 23.5 Å². The van der Waals surface area contributed by atoms with Crippen LogP contribution in [0.2, 0.25) is 0 Å². The van der Waals surface area contributed by atoms with E-state index in [1.54, 1.807) is 18.2 Å². The number of urea groups is 1. The number of hydrogen-bond acceptors (Lipinski definition) is 3. The number of carbonyl (C=O) groups excluding carboxylic acids is 1. The Morgan fingerprint density at radius 1 is 1.43 bits per heavy atom. The third-order valence-electron chi connectivity index (χ3n) is 3.26. The molecule has 3 N–H and O–H groups in total. The van der Waals surface area contributed by atoms with Gasteiger partial charge in [0, 0.05) is 23.2 Å². The number of nitrogens with one attached hydrogen (secondary N) is 2. The van der Waals surface area contributed by atoms with Crippen LogP contribution in [-0.4, -0.2) is 29.5 Å². The monoisotopic (exact) mass is 316 g/mol. The fourth-order valence-electron chi connectivity index (χ4n) is 2.15. The van der Waals surface area contributed by atoms with E-state index in [-0.39, 0.29) is 18.7 Å². The van der Waals surface area contributed by atoms with Crippen LogP contribution in [0.15, 0.2) is 29.2 Å². The average Bonchev–Trinajstić information content (AvgIpc) is 3.22. The molecule has 0 radical (unpaired) electrons. The van der Waals surface area contributed by atoms with Crippen LogP contribution < -0.4 is 10.6 Å². The van der Waals surface area contributed by atoms with E-state index in [0.29, 0.717) is 34.7 Å². The molecule has 1 saturated carbocycles. The second-order valence-electron chi connectivity index (χ2n) is 4.96. The van der Waals surface area contributed by atoms with Crippen LogP contribution in [0, 0.1) is 5.92 Å².